The number of nitrogens with one attached hydrogen (secondary N) is 2. The van der Waals surface area contributed by atoms with E-state index in [2.05, 4.69) is 35.6 Å². The zero-order chi connectivity index (χ0) is 16.1. The Balaban J connectivity index is 1.75. The molecule has 0 aromatic carbocycles. The molecule has 5 nitrogen and oxygen atoms in total. The van der Waals surface area contributed by atoms with Gasteiger partial charge in [0.15, 0.2) is 0 Å². The smallest absolute Gasteiger partial charge is 0.315 e. The molecule has 2 aromatic rings. The fourth-order valence-corrected chi connectivity index (χ4v) is 3.08. The first kappa shape index (κ1) is 16.5. The lowest BCUT2D eigenvalue weighted by Gasteiger charge is -2.16. The summed E-state index contributed by atoms with van der Waals surface area (Å²) in [6, 6.07) is 6.00. The number of hydrogen-bond donors (Lipinski definition) is 2. The van der Waals surface area contributed by atoms with Crippen molar-refractivity contribution in [3.8, 4) is 0 Å². The molecule has 2 N–H and O–H groups in total. The van der Waals surface area contributed by atoms with E-state index in [9.17, 15) is 4.79 Å². The Hall–Kier alpha value is -1.82. The van der Waals surface area contributed by atoms with Crippen LogP contribution in [0.3, 0.4) is 0 Å². The number of aryl methyl sites for hydroxylation is 2. The maximum absolute atomic E-state index is 11.9. The molecule has 0 aliphatic carbocycles. The number of nitrogens with zero attached hydrogens (tertiary/aromatic N) is 2. The average molecular weight is 320 g/mol. The van der Waals surface area contributed by atoms with E-state index in [1.54, 1.807) is 11.3 Å². The minimum atomic E-state index is -0.124. The summed E-state index contributed by atoms with van der Waals surface area (Å²) in [6.07, 6.45) is 0. The van der Waals surface area contributed by atoms with Gasteiger partial charge >= 0.3 is 6.03 Å². The average Bonchev–Trinajstić information content (AvgIpc) is 3.07. The highest BCUT2D eigenvalue weighted by Crippen LogP contribution is 2.17. The fraction of sp³-hybridized carbons (Fsp3) is 0.500. The number of aromatic nitrogens is 2. The Morgan fingerprint density at radius 1 is 1.41 bits per heavy atom. The summed E-state index contributed by atoms with van der Waals surface area (Å²) in [5, 5.41) is 12.4. The van der Waals surface area contributed by atoms with Crippen molar-refractivity contribution in [1.82, 2.24) is 20.4 Å². The van der Waals surface area contributed by atoms with Crippen molar-refractivity contribution in [3.05, 3.63) is 39.8 Å². The first-order valence-electron chi connectivity index (χ1n) is 7.54. The van der Waals surface area contributed by atoms with Crippen LogP contribution >= 0.6 is 11.3 Å². The van der Waals surface area contributed by atoms with E-state index >= 15 is 0 Å². The molecular formula is C16H24N4OS. The Kier molecular flexibility index (Phi) is 5.60. The Labute approximate surface area is 135 Å². The molecule has 2 atom stereocenters. The van der Waals surface area contributed by atoms with Crippen LogP contribution in [0.5, 0.6) is 0 Å². The predicted molar refractivity (Wildman–Crippen MR) is 90.1 cm³/mol. The number of rotatable bonds is 6. The van der Waals surface area contributed by atoms with Crippen molar-refractivity contribution in [2.45, 2.75) is 40.3 Å². The second-order valence-corrected chi connectivity index (χ2v) is 6.79. The zero-order valence-electron chi connectivity index (χ0n) is 13.6. The Morgan fingerprint density at radius 2 is 2.18 bits per heavy atom. The van der Waals surface area contributed by atoms with Crippen molar-refractivity contribution in [2.24, 2.45) is 5.92 Å². The van der Waals surface area contributed by atoms with Crippen LogP contribution < -0.4 is 10.6 Å². The second-order valence-electron chi connectivity index (χ2n) is 5.81. The maximum Gasteiger partial charge on any atom is 0.315 e. The highest BCUT2D eigenvalue weighted by atomic mass is 32.1. The summed E-state index contributed by atoms with van der Waals surface area (Å²) < 4.78 is 1.99. The van der Waals surface area contributed by atoms with Crippen molar-refractivity contribution >= 4 is 17.4 Å². The van der Waals surface area contributed by atoms with Gasteiger partial charge in [-0.25, -0.2) is 4.79 Å². The molecule has 2 aromatic heterocycles. The Bertz CT molecular complexity index is 606. The summed E-state index contributed by atoms with van der Waals surface area (Å²) in [6.45, 7) is 9.58. The molecule has 0 bridgehead atoms. The highest BCUT2D eigenvalue weighted by molar-refractivity contribution is 7.10. The minimum Gasteiger partial charge on any atom is -0.338 e. The molecular weight excluding hydrogens is 296 g/mol. The van der Waals surface area contributed by atoms with Crippen LogP contribution in [0, 0.1) is 19.8 Å². The monoisotopic (exact) mass is 320 g/mol. The molecule has 0 saturated heterocycles. The molecule has 120 valence electrons. The van der Waals surface area contributed by atoms with Gasteiger partial charge in [0.1, 0.15) is 0 Å². The van der Waals surface area contributed by atoms with E-state index in [0.29, 0.717) is 12.5 Å². The van der Waals surface area contributed by atoms with Gasteiger partial charge in [0.2, 0.25) is 0 Å². The summed E-state index contributed by atoms with van der Waals surface area (Å²) in [7, 11) is 0. The summed E-state index contributed by atoms with van der Waals surface area (Å²) in [4.78, 5) is 13.1. The van der Waals surface area contributed by atoms with E-state index < -0.39 is 0 Å². The van der Waals surface area contributed by atoms with Crippen LogP contribution in [0.4, 0.5) is 4.79 Å². The van der Waals surface area contributed by atoms with Crippen LogP contribution in [0.25, 0.3) is 0 Å². The van der Waals surface area contributed by atoms with E-state index in [1.807, 2.05) is 36.0 Å². The van der Waals surface area contributed by atoms with Gasteiger partial charge in [-0.15, -0.1) is 11.3 Å². The van der Waals surface area contributed by atoms with Crippen molar-refractivity contribution < 1.29 is 4.79 Å². The van der Waals surface area contributed by atoms with Gasteiger partial charge < -0.3 is 10.6 Å². The zero-order valence-corrected chi connectivity index (χ0v) is 14.4. The number of thiophene rings is 1. The molecule has 0 spiro atoms. The quantitative estimate of drug-likeness (QED) is 0.858. The van der Waals surface area contributed by atoms with Crippen molar-refractivity contribution in [2.75, 3.05) is 6.54 Å². The van der Waals surface area contributed by atoms with Crippen LogP contribution in [0.15, 0.2) is 23.6 Å². The third-order valence-electron chi connectivity index (χ3n) is 3.52. The molecule has 2 amide bonds. The van der Waals surface area contributed by atoms with Crippen LogP contribution in [0.2, 0.25) is 0 Å². The van der Waals surface area contributed by atoms with Crippen LogP contribution in [-0.4, -0.2) is 22.4 Å². The molecule has 22 heavy (non-hydrogen) atoms. The topological polar surface area (TPSA) is 59.0 Å². The molecule has 2 rings (SSSR count). The van der Waals surface area contributed by atoms with E-state index in [-0.39, 0.29) is 12.1 Å². The second kappa shape index (κ2) is 7.45. The van der Waals surface area contributed by atoms with Crippen molar-refractivity contribution in [3.63, 3.8) is 0 Å². The highest BCUT2D eigenvalue weighted by Gasteiger charge is 2.12. The van der Waals surface area contributed by atoms with Gasteiger partial charge in [-0.3, -0.25) is 4.68 Å². The van der Waals surface area contributed by atoms with Crippen LogP contribution in [0.1, 0.15) is 36.2 Å². The lowest BCUT2D eigenvalue weighted by atomic mass is 10.2. The number of carbonyl (C=O) groups excluding carboxylic acids is 1. The lowest BCUT2D eigenvalue weighted by molar-refractivity contribution is 0.235. The maximum atomic E-state index is 11.9. The van der Waals surface area contributed by atoms with Gasteiger partial charge in [-0.05, 0) is 44.2 Å². The molecule has 0 fully saturated rings. The van der Waals surface area contributed by atoms with E-state index in [4.69, 9.17) is 0 Å². The third-order valence-corrected chi connectivity index (χ3v) is 4.57. The molecule has 2 heterocycles. The molecule has 0 radical (unpaired) electrons. The van der Waals surface area contributed by atoms with Gasteiger partial charge in [0, 0.05) is 23.7 Å². The van der Waals surface area contributed by atoms with Gasteiger partial charge in [0.25, 0.3) is 0 Å². The molecule has 6 heteroatoms. The van der Waals surface area contributed by atoms with Crippen molar-refractivity contribution in [1.29, 1.82) is 0 Å². The molecule has 0 aliphatic rings. The predicted octanol–water partition coefficient (Wildman–Crippen LogP) is 3.26. The van der Waals surface area contributed by atoms with Gasteiger partial charge in [0.05, 0.1) is 11.7 Å². The lowest BCUT2D eigenvalue weighted by Crippen LogP contribution is -2.39. The normalized spacial score (nSPS) is 13.6. The fourth-order valence-electron chi connectivity index (χ4n) is 2.34. The van der Waals surface area contributed by atoms with Gasteiger partial charge in [-0.1, -0.05) is 13.0 Å². The number of amides is 2. The summed E-state index contributed by atoms with van der Waals surface area (Å²) in [5.41, 5.74) is 2.18. The largest absolute Gasteiger partial charge is 0.338 e. The summed E-state index contributed by atoms with van der Waals surface area (Å²) in [5.74, 6) is 0.320. The van der Waals surface area contributed by atoms with Crippen LogP contribution in [-0.2, 0) is 6.54 Å². The molecule has 0 aliphatic heterocycles. The third kappa shape index (κ3) is 4.59. The molecule has 0 unspecified atom stereocenters. The number of carbonyl (C=O) groups is 1. The first-order chi connectivity index (χ1) is 10.5. The Morgan fingerprint density at radius 3 is 2.77 bits per heavy atom. The first-order valence-corrected chi connectivity index (χ1v) is 8.42. The van der Waals surface area contributed by atoms with E-state index in [1.165, 1.54) is 0 Å². The number of hydrogen-bond acceptors (Lipinski definition) is 3. The number of urea groups is 1. The summed E-state index contributed by atoms with van der Waals surface area (Å²) >= 11 is 1.65. The van der Waals surface area contributed by atoms with Gasteiger partial charge in [-0.2, -0.15) is 5.10 Å². The SMILES string of the molecule is Cc1cc(C)n(C[C@H](C)CNC(=O)N[C@@H](C)c2cccs2)n1. The molecule has 0 saturated carbocycles. The minimum absolute atomic E-state index is 0.0336. The van der Waals surface area contributed by atoms with E-state index in [0.717, 1.165) is 22.8 Å². The standard InChI is InChI=1S/C16H24N4OS/c1-11(10-20-13(3)8-12(2)19-20)9-17-16(21)18-14(4)15-6-5-7-22-15/h5-8,11,14H,9-10H2,1-4H3,(H2,17,18,21)/t11-,14+/m1/s1.